The smallest absolute Gasteiger partial charge is 0.430 e. The number of benzene rings is 1. The Morgan fingerprint density at radius 2 is 1.42 bits per heavy atom. The number of carbonyl (C=O) groups excluding carboxylic acids is 5. The first-order chi connectivity index (χ1) is 25.4. The highest BCUT2D eigenvalue weighted by atomic mass is 19.4. The van der Waals surface area contributed by atoms with E-state index in [0.29, 0.717) is 24.3 Å². The molecule has 23 heteroatoms. The monoisotopic (exact) mass is 804 g/mol. The molecular formula is C32H37F9N6O8. The van der Waals surface area contributed by atoms with E-state index in [1.54, 1.807) is 0 Å². The summed E-state index contributed by atoms with van der Waals surface area (Å²) in [5, 5.41) is 31.7. The maximum absolute atomic E-state index is 13.2. The van der Waals surface area contributed by atoms with Crippen molar-refractivity contribution in [2.45, 2.75) is 83.1 Å². The van der Waals surface area contributed by atoms with Gasteiger partial charge in [-0.05, 0) is 25.0 Å². The molecule has 1 amide bonds. The number of aromatic amines is 1. The lowest BCUT2D eigenvalue weighted by Gasteiger charge is -2.16. The maximum atomic E-state index is 13.2. The molecule has 1 unspecified atom stereocenters. The highest BCUT2D eigenvalue weighted by Gasteiger charge is 2.33. The van der Waals surface area contributed by atoms with Crippen LogP contribution in [0.1, 0.15) is 67.3 Å². The van der Waals surface area contributed by atoms with E-state index in [1.807, 2.05) is 37.5 Å². The maximum Gasteiger partial charge on any atom is 0.430 e. The zero-order valence-electron chi connectivity index (χ0n) is 29.1. The first-order valence-electron chi connectivity index (χ1n) is 16.1. The highest BCUT2D eigenvalue weighted by molar-refractivity contribution is 5.96. The first-order valence-corrected chi connectivity index (χ1v) is 16.1. The summed E-state index contributed by atoms with van der Waals surface area (Å²) in [4.78, 5) is 60.6. The quantitative estimate of drug-likeness (QED) is 0.116. The summed E-state index contributed by atoms with van der Waals surface area (Å²) >= 11 is 0. The van der Waals surface area contributed by atoms with Crippen molar-refractivity contribution in [1.82, 2.24) is 10.3 Å². The summed E-state index contributed by atoms with van der Waals surface area (Å²) in [6, 6.07) is 9.99. The number of carbonyl (C=O) groups is 5. The summed E-state index contributed by atoms with van der Waals surface area (Å²) < 4.78 is 96.8. The number of alkyl halides is 9. The molecule has 5 N–H and O–H groups in total. The number of hydrogen-bond acceptors (Lipinski definition) is 9. The average Bonchev–Trinajstić information content (AvgIpc) is 3.75. The molecular weight excluding hydrogens is 767 g/mol. The molecule has 0 saturated heterocycles. The minimum Gasteiger partial charge on any atom is -0.542 e. The molecule has 0 aliphatic carbocycles. The van der Waals surface area contributed by atoms with Crippen LogP contribution in [0.2, 0.25) is 0 Å². The Kier molecular flexibility index (Phi) is 18.7. The third-order valence-electron chi connectivity index (χ3n) is 7.37. The lowest BCUT2D eigenvalue weighted by Crippen LogP contribution is -3.10. The Labute approximate surface area is 306 Å². The van der Waals surface area contributed by atoms with Crippen LogP contribution in [0.15, 0.2) is 47.7 Å². The van der Waals surface area contributed by atoms with Gasteiger partial charge in [-0.1, -0.05) is 38.0 Å². The average molecular weight is 805 g/mol. The van der Waals surface area contributed by atoms with E-state index < -0.39 is 36.4 Å². The second-order valence-electron chi connectivity index (χ2n) is 11.7. The molecule has 0 radical (unpaired) electrons. The van der Waals surface area contributed by atoms with Crippen LogP contribution in [0.25, 0.3) is 5.70 Å². The number of quaternary nitrogens is 2. The van der Waals surface area contributed by atoms with Crippen LogP contribution in [-0.2, 0) is 32.3 Å². The number of nitrogens with zero attached hydrogens (tertiary/aromatic N) is 2. The number of unbranched alkanes of at least 4 members (excludes halogenated alkanes) is 2. The molecule has 3 heterocycles. The number of nitrogens with two attached hydrogens (primary N) is 1. The summed E-state index contributed by atoms with van der Waals surface area (Å²) in [5.74, 6) is -6.84. The summed E-state index contributed by atoms with van der Waals surface area (Å²) in [6.07, 6.45) is -6.95. The standard InChI is InChI=1S/C26H34N6O2.3C2HF3O2/c1-3-20(33)12-8-5-9-13-21(25-27-16-22(29-25)19-10-6-4-7-11-19)30-26(34)23-17-32-15-14-31(2)18-24(32)28-23;3*3-2(4,5)1(6)7/h4,6-7,10-11,16-17,21H,3,5,8-9,12-15,18H2,1-2H3,(H2,27,29,30,34);3*(H,6,7)/t21-;;;/m0.../s1. The van der Waals surface area contributed by atoms with Gasteiger partial charge >= 0.3 is 24.4 Å². The number of fused-ring (bicyclic) bond motifs is 1. The van der Waals surface area contributed by atoms with Crippen molar-refractivity contribution in [1.29, 1.82) is 0 Å². The van der Waals surface area contributed by atoms with Gasteiger partial charge in [0.05, 0.1) is 13.2 Å². The number of carboxylic acid groups (broad SMARTS) is 3. The minimum atomic E-state index is -5.19. The topological polar surface area (TPSA) is 220 Å². The summed E-state index contributed by atoms with van der Waals surface area (Å²) in [6.45, 7) is 4.77. The van der Waals surface area contributed by atoms with E-state index in [2.05, 4.69) is 44.4 Å². The fourth-order valence-electron chi connectivity index (χ4n) is 4.55. The number of aromatic nitrogens is 2. The molecule has 2 aliphatic rings. The van der Waals surface area contributed by atoms with Gasteiger partial charge in [0, 0.05) is 18.4 Å². The third-order valence-corrected chi connectivity index (χ3v) is 7.37. The highest BCUT2D eigenvalue weighted by Crippen LogP contribution is 2.15. The number of aliphatic carboxylic acids is 3. The van der Waals surface area contributed by atoms with E-state index >= 15 is 0 Å². The molecule has 55 heavy (non-hydrogen) atoms. The Balaban J connectivity index is 0.000000588. The van der Waals surface area contributed by atoms with Gasteiger partial charge in [0.1, 0.15) is 49.0 Å². The minimum absolute atomic E-state index is 0.102. The molecule has 4 rings (SSSR count). The Morgan fingerprint density at radius 1 is 0.891 bits per heavy atom. The number of nitrogens with one attached hydrogen (secondary N) is 3. The van der Waals surface area contributed by atoms with Crippen LogP contribution in [0.3, 0.4) is 0 Å². The van der Waals surface area contributed by atoms with Crippen LogP contribution in [-0.4, -0.2) is 78.6 Å². The number of likely N-dealkylation sites (N-methyl/N-ethyl adjacent to an activating group) is 1. The zero-order valence-corrected chi connectivity index (χ0v) is 29.1. The molecule has 0 fully saturated rings. The van der Waals surface area contributed by atoms with Crippen molar-refractivity contribution < 1.29 is 93.6 Å². The van der Waals surface area contributed by atoms with Crippen LogP contribution < -0.4 is 35.4 Å². The first kappa shape index (κ1) is 47.7. The number of aliphatic imine (C=N–C) groups is 1. The van der Waals surface area contributed by atoms with E-state index in [1.165, 1.54) is 4.90 Å². The van der Waals surface area contributed by atoms with Crippen molar-refractivity contribution in [2.75, 3.05) is 13.6 Å². The Bertz CT molecular complexity index is 1620. The van der Waals surface area contributed by atoms with Gasteiger partial charge in [-0.3, -0.25) is 14.9 Å². The molecule has 0 bridgehead atoms. The van der Waals surface area contributed by atoms with Gasteiger partial charge in [0.15, 0.2) is 12.2 Å². The van der Waals surface area contributed by atoms with E-state index in [0.717, 1.165) is 68.2 Å². The van der Waals surface area contributed by atoms with Crippen molar-refractivity contribution in [3.05, 3.63) is 59.8 Å². The molecule has 1 aromatic carbocycles. The van der Waals surface area contributed by atoms with Gasteiger partial charge in [-0.2, -0.15) is 39.5 Å². The fraction of sp³-hybridized carbons (Fsp3) is 0.469. The van der Waals surface area contributed by atoms with E-state index in [-0.39, 0.29) is 11.9 Å². The van der Waals surface area contributed by atoms with Crippen LogP contribution in [0.4, 0.5) is 39.5 Å². The molecule has 0 saturated carbocycles. The van der Waals surface area contributed by atoms with E-state index in [9.17, 15) is 49.1 Å². The lowest BCUT2D eigenvalue weighted by atomic mass is 10.0. The SMILES string of the molecule is CCC(=O)CCCCC[C@H](NC(=O)c1c[n+]2c([nH]1)C[NH+](C)CC2)C1=NC=C(c2ccccc2)[NH2+]1.O=C([O-])C(F)(F)F.O=C([O-])C(F)(F)F.O=C([O-])C(F)(F)F. The second kappa shape index (κ2) is 21.5. The predicted octanol–water partition coefficient (Wildman–Crippen LogP) is -1.77. The van der Waals surface area contributed by atoms with E-state index in [4.69, 9.17) is 29.7 Å². The predicted molar refractivity (Wildman–Crippen MR) is 163 cm³/mol. The molecule has 14 nitrogen and oxygen atoms in total. The zero-order chi connectivity index (χ0) is 42.1. The van der Waals surface area contributed by atoms with Gasteiger partial charge in [-0.25, -0.2) is 14.5 Å². The summed E-state index contributed by atoms with van der Waals surface area (Å²) in [7, 11) is 2.17. The number of carboxylic acids is 3. The van der Waals surface area contributed by atoms with Gasteiger partial charge < -0.3 is 39.9 Å². The van der Waals surface area contributed by atoms with Crippen molar-refractivity contribution in [3.8, 4) is 0 Å². The molecule has 306 valence electrons. The number of rotatable bonds is 11. The normalized spacial score (nSPS) is 15.5. The largest absolute Gasteiger partial charge is 0.542 e. The van der Waals surface area contributed by atoms with Crippen LogP contribution in [0, 0.1) is 0 Å². The summed E-state index contributed by atoms with van der Waals surface area (Å²) in [5.41, 5.74) is 2.77. The molecule has 0 spiro atoms. The molecule has 1 aromatic heterocycles. The molecule has 2 aliphatic heterocycles. The Hall–Kier alpha value is -5.32. The van der Waals surface area contributed by atoms with Crippen molar-refractivity contribution in [2.24, 2.45) is 4.99 Å². The van der Waals surface area contributed by atoms with Crippen molar-refractivity contribution in [3.63, 3.8) is 0 Å². The Morgan fingerprint density at radius 3 is 1.91 bits per heavy atom. The number of halogens is 9. The fourth-order valence-corrected chi connectivity index (χ4v) is 4.55. The van der Waals surface area contributed by atoms with Gasteiger partial charge in [0.2, 0.25) is 11.5 Å². The molecule has 2 aromatic rings. The number of amidine groups is 1. The number of amides is 1. The van der Waals surface area contributed by atoms with Crippen LogP contribution in [0.5, 0.6) is 0 Å². The number of Topliss-reactive ketones (excluding diaryl/α,β-unsaturated/α-hetero) is 1. The number of hydrogen-bond donors (Lipinski definition) is 4. The number of H-pyrrole nitrogens is 1. The second-order valence-corrected chi connectivity index (χ2v) is 11.7. The third kappa shape index (κ3) is 18.0. The number of imidazole rings is 1. The number of ketones is 1. The van der Waals surface area contributed by atoms with Crippen LogP contribution >= 0.6 is 0 Å². The van der Waals surface area contributed by atoms with Gasteiger partial charge in [0.25, 0.3) is 5.91 Å². The van der Waals surface area contributed by atoms with Crippen molar-refractivity contribution >= 4 is 41.1 Å². The lowest BCUT2D eigenvalue weighted by molar-refractivity contribution is -0.945. The van der Waals surface area contributed by atoms with Gasteiger partial charge in [-0.15, -0.1) is 0 Å². The molecule has 2 atom stereocenters.